The Hall–Kier alpha value is -1.16. The maximum Gasteiger partial charge on any atom is 0.342 e. The van der Waals surface area contributed by atoms with Crippen LogP contribution in [0.4, 0.5) is 0 Å². The van der Waals surface area contributed by atoms with Gasteiger partial charge in [-0.15, -0.1) is 0 Å². The van der Waals surface area contributed by atoms with Crippen molar-refractivity contribution in [2.75, 3.05) is 13.5 Å². The first-order valence-electron chi connectivity index (χ1n) is 5.58. The summed E-state index contributed by atoms with van der Waals surface area (Å²) < 4.78 is 22.8. The van der Waals surface area contributed by atoms with E-state index in [2.05, 4.69) is 5.09 Å². The van der Waals surface area contributed by atoms with E-state index in [9.17, 15) is 9.36 Å². The normalized spacial score (nSPS) is 14.9. The van der Waals surface area contributed by atoms with Gasteiger partial charge in [0.2, 0.25) is 0 Å². The van der Waals surface area contributed by atoms with Crippen molar-refractivity contribution >= 4 is 13.3 Å². The smallest absolute Gasteiger partial charge is 0.342 e. The third-order valence-corrected chi connectivity index (χ3v) is 4.18. The van der Waals surface area contributed by atoms with Crippen LogP contribution in [0.25, 0.3) is 0 Å². The molecule has 108 valence electrons. The molecular formula is C13H22NO4P. The first-order valence-corrected chi connectivity index (χ1v) is 7.39. The number of methoxy groups -OCH3 is 1. The quantitative estimate of drug-likeness (QED) is 0.781. The molecule has 0 amide bonds. The predicted molar refractivity (Wildman–Crippen MR) is 76.6 cm³/mol. The third kappa shape index (κ3) is 6.01. The summed E-state index contributed by atoms with van der Waals surface area (Å²) in [6.07, 6.45) is -0.0977. The number of benzene rings is 1. The molecular weight excluding hydrogens is 265 g/mol. The molecule has 0 fully saturated rings. The van der Waals surface area contributed by atoms with E-state index in [1.54, 1.807) is 31.2 Å². The molecule has 0 aromatic heterocycles. The van der Waals surface area contributed by atoms with Gasteiger partial charge in [0.15, 0.2) is 0 Å². The number of para-hydroxylation sites is 1. The van der Waals surface area contributed by atoms with Crippen LogP contribution < -0.4 is 9.61 Å². The van der Waals surface area contributed by atoms with Crippen molar-refractivity contribution in [1.29, 1.82) is 0 Å². The molecule has 0 aliphatic heterocycles. The van der Waals surface area contributed by atoms with Crippen LogP contribution in [-0.2, 0) is 14.1 Å². The lowest BCUT2D eigenvalue weighted by Crippen LogP contribution is -2.32. The van der Waals surface area contributed by atoms with Gasteiger partial charge in [-0.3, -0.25) is 9.36 Å². The van der Waals surface area contributed by atoms with Crippen LogP contribution in [0.5, 0.6) is 5.75 Å². The molecule has 0 aliphatic rings. The average molecular weight is 287 g/mol. The van der Waals surface area contributed by atoms with Gasteiger partial charge in [-0.1, -0.05) is 25.6 Å². The Bertz CT molecular complexity index is 436. The fourth-order valence-electron chi connectivity index (χ4n) is 1.30. The van der Waals surface area contributed by atoms with Gasteiger partial charge >= 0.3 is 7.52 Å². The lowest BCUT2D eigenvalue weighted by molar-refractivity contribution is -0.118. The minimum Gasteiger partial charge on any atom is -0.431 e. The molecule has 6 heteroatoms. The Balaban J connectivity index is 0.00000324. The van der Waals surface area contributed by atoms with Gasteiger partial charge in [0, 0.05) is 7.11 Å². The minimum absolute atomic E-state index is 0. The summed E-state index contributed by atoms with van der Waals surface area (Å²) in [6.45, 7) is 3.07. The SMILES string of the molecule is C.COCP(=O)(NC(C)C(C)=O)Oc1ccccc1. The summed E-state index contributed by atoms with van der Waals surface area (Å²) in [5.74, 6) is 0.365. The average Bonchev–Trinajstić information content (AvgIpc) is 2.29. The molecule has 2 atom stereocenters. The molecule has 0 aliphatic carbocycles. The second-order valence-corrected chi connectivity index (χ2v) is 6.00. The zero-order chi connectivity index (χ0) is 13.6. The van der Waals surface area contributed by atoms with Crippen molar-refractivity contribution in [3.63, 3.8) is 0 Å². The van der Waals surface area contributed by atoms with E-state index in [4.69, 9.17) is 9.26 Å². The summed E-state index contributed by atoms with van der Waals surface area (Å²) in [7, 11) is -1.81. The molecule has 1 aromatic rings. The topological polar surface area (TPSA) is 64.6 Å². The number of hydrogen-bond donors (Lipinski definition) is 1. The van der Waals surface area contributed by atoms with E-state index in [-0.39, 0.29) is 19.6 Å². The van der Waals surface area contributed by atoms with Gasteiger partial charge < -0.3 is 9.26 Å². The molecule has 19 heavy (non-hydrogen) atoms. The molecule has 5 nitrogen and oxygen atoms in total. The number of ether oxygens (including phenoxy) is 1. The predicted octanol–water partition coefficient (Wildman–Crippen LogP) is 3.07. The van der Waals surface area contributed by atoms with Crippen molar-refractivity contribution in [3.8, 4) is 5.75 Å². The van der Waals surface area contributed by atoms with E-state index in [0.29, 0.717) is 5.75 Å². The summed E-state index contributed by atoms with van der Waals surface area (Å²) in [5, 5.41) is 2.70. The summed E-state index contributed by atoms with van der Waals surface area (Å²) in [6, 6.07) is 8.24. The summed E-state index contributed by atoms with van der Waals surface area (Å²) >= 11 is 0. The molecule has 0 heterocycles. The zero-order valence-electron chi connectivity index (χ0n) is 10.8. The minimum atomic E-state index is -3.24. The Labute approximate surface area is 114 Å². The highest BCUT2D eigenvalue weighted by atomic mass is 31.2. The van der Waals surface area contributed by atoms with Crippen molar-refractivity contribution in [3.05, 3.63) is 30.3 Å². The zero-order valence-corrected chi connectivity index (χ0v) is 11.6. The Morgan fingerprint density at radius 2 is 1.95 bits per heavy atom. The molecule has 0 bridgehead atoms. The monoisotopic (exact) mass is 287 g/mol. The van der Waals surface area contributed by atoms with Gasteiger partial charge in [-0.2, -0.15) is 0 Å². The molecule has 0 saturated carbocycles. The number of rotatable bonds is 7. The number of carbonyl (C=O) groups excluding carboxylic acids is 1. The van der Waals surface area contributed by atoms with E-state index in [1.165, 1.54) is 14.0 Å². The maximum atomic E-state index is 12.5. The van der Waals surface area contributed by atoms with Crippen molar-refractivity contribution in [2.24, 2.45) is 0 Å². The van der Waals surface area contributed by atoms with Gasteiger partial charge in [-0.05, 0) is 26.0 Å². The fraction of sp³-hybridized carbons (Fsp3) is 0.462. The third-order valence-electron chi connectivity index (χ3n) is 2.30. The molecule has 1 N–H and O–H groups in total. The fourth-order valence-corrected chi connectivity index (χ4v) is 3.05. The molecule has 0 radical (unpaired) electrons. The number of ketones is 1. The molecule has 1 aromatic carbocycles. The van der Waals surface area contributed by atoms with Gasteiger partial charge in [0.05, 0.1) is 6.04 Å². The highest BCUT2D eigenvalue weighted by molar-refractivity contribution is 7.57. The second-order valence-electron chi connectivity index (χ2n) is 3.96. The summed E-state index contributed by atoms with van der Waals surface area (Å²) in [5.41, 5.74) is 0. The Kier molecular flexibility index (Phi) is 7.61. The first kappa shape index (κ1) is 17.8. The van der Waals surface area contributed by atoms with Crippen LogP contribution in [0.1, 0.15) is 21.3 Å². The number of hydrogen-bond acceptors (Lipinski definition) is 4. The van der Waals surface area contributed by atoms with Gasteiger partial charge in [0.1, 0.15) is 17.9 Å². The van der Waals surface area contributed by atoms with Gasteiger partial charge in [-0.25, -0.2) is 5.09 Å². The van der Waals surface area contributed by atoms with Crippen LogP contribution in [0.2, 0.25) is 0 Å². The largest absolute Gasteiger partial charge is 0.431 e. The summed E-state index contributed by atoms with van der Waals surface area (Å²) in [4.78, 5) is 11.2. The van der Waals surface area contributed by atoms with E-state index >= 15 is 0 Å². The van der Waals surface area contributed by atoms with Crippen LogP contribution in [0.15, 0.2) is 30.3 Å². The number of Topliss-reactive ketones (excluding diaryl/α,β-unsaturated/α-hetero) is 1. The Morgan fingerprint density at radius 1 is 1.37 bits per heavy atom. The highest BCUT2D eigenvalue weighted by Gasteiger charge is 2.28. The lowest BCUT2D eigenvalue weighted by Gasteiger charge is -2.22. The van der Waals surface area contributed by atoms with Crippen LogP contribution in [-0.4, -0.2) is 25.3 Å². The maximum absolute atomic E-state index is 12.5. The Morgan fingerprint density at radius 3 is 2.42 bits per heavy atom. The highest BCUT2D eigenvalue weighted by Crippen LogP contribution is 2.43. The molecule has 0 saturated heterocycles. The lowest BCUT2D eigenvalue weighted by atomic mass is 10.3. The standard InChI is InChI=1S/C12H18NO4P.CH4/c1-10(11(2)14)13-18(15,9-16-3)17-12-7-5-4-6-8-12;/h4-8,10H,9H2,1-3H3,(H,13,15);1H4. The van der Waals surface area contributed by atoms with Gasteiger partial charge in [0.25, 0.3) is 0 Å². The number of nitrogens with one attached hydrogen (secondary N) is 1. The van der Waals surface area contributed by atoms with Crippen molar-refractivity contribution in [2.45, 2.75) is 27.3 Å². The first-order chi connectivity index (χ1) is 8.47. The van der Waals surface area contributed by atoms with Crippen LogP contribution >= 0.6 is 7.52 Å². The molecule has 1 rings (SSSR count). The van der Waals surface area contributed by atoms with Crippen LogP contribution in [0.3, 0.4) is 0 Å². The number of carbonyl (C=O) groups is 1. The van der Waals surface area contributed by atoms with Crippen LogP contribution in [0, 0.1) is 0 Å². The second kappa shape index (κ2) is 8.10. The van der Waals surface area contributed by atoms with E-state index in [0.717, 1.165) is 0 Å². The van der Waals surface area contributed by atoms with Crippen molar-refractivity contribution < 1.29 is 18.6 Å². The van der Waals surface area contributed by atoms with E-state index in [1.807, 2.05) is 6.07 Å². The van der Waals surface area contributed by atoms with E-state index < -0.39 is 13.6 Å². The van der Waals surface area contributed by atoms with Crippen molar-refractivity contribution in [1.82, 2.24) is 5.09 Å². The molecule has 0 spiro atoms. The molecule has 2 unspecified atom stereocenters.